The normalized spacial score (nSPS) is 29.5. The molecular formula is C17H23N3O2S. The standard InChI is InChI=1S/C17H23N3O2S/c18-11-16(17(22)12-19(23)13-17)8-4-5-9-20(16)15(10-21)14-6-2-1-3-7-14/h1-3,6-7,15,21-23H,4-5,8-10,12-13H2/t15-,16?/m1/s1. The summed E-state index contributed by atoms with van der Waals surface area (Å²) in [4.78, 5) is 2.02. The van der Waals surface area contributed by atoms with Crippen LogP contribution in [0.4, 0.5) is 0 Å². The molecule has 2 atom stereocenters. The highest BCUT2D eigenvalue weighted by Crippen LogP contribution is 2.46. The zero-order valence-corrected chi connectivity index (χ0v) is 14.0. The van der Waals surface area contributed by atoms with Crippen molar-refractivity contribution in [1.29, 1.82) is 5.26 Å². The van der Waals surface area contributed by atoms with Crippen molar-refractivity contribution in [3.63, 3.8) is 0 Å². The number of piperidine rings is 1. The molecule has 124 valence electrons. The highest BCUT2D eigenvalue weighted by molar-refractivity contribution is 7.77. The summed E-state index contributed by atoms with van der Waals surface area (Å²) in [6, 6.07) is 11.9. The lowest BCUT2D eigenvalue weighted by Crippen LogP contribution is -2.76. The Balaban J connectivity index is 1.99. The second-order valence-electron chi connectivity index (χ2n) is 6.59. The second-order valence-corrected chi connectivity index (χ2v) is 7.15. The fourth-order valence-electron chi connectivity index (χ4n) is 4.02. The zero-order valence-electron chi connectivity index (χ0n) is 13.1. The maximum Gasteiger partial charge on any atom is 0.141 e. The smallest absolute Gasteiger partial charge is 0.141 e. The van der Waals surface area contributed by atoms with Crippen LogP contribution in [0, 0.1) is 11.3 Å². The van der Waals surface area contributed by atoms with Crippen molar-refractivity contribution < 1.29 is 10.2 Å². The zero-order chi connectivity index (χ0) is 16.5. The van der Waals surface area contributed by atoms with Gasteiger partial charge in [-0.25, -0.2) is 4.31 Å². The van der Waals surface area contributed by atoms with Gasteiger partial charge in [0.15, 0.2) is 0 Å². The molecule has 2 saturated heterocycles. The van der Waals surface area contributed by atoms with E-state index in [9.17, 15) is 15.5 Å². The van der Waals surface area contributed by atoms with E-state index in [1.54, 1.807) is 4.31 Å². The second kappa shape index (κ2) is 6.42. The van der Waals surface area contributed by atoms with Gasteiger partial charge < -0.3 is 10.2 Å². The van der Waals surface area contributed by atoms with Gasteiger partial charge in [-0.1, -0.05) is 43.1 Å². The van der Waals surface area contributed by atoms with Crippen molar-refractivity contribution in [1.82, 2.24) is 9.21 Å². The highest BCUT2D eigenvalue weighted by Gasteiger charge is 2.62. The van der Waals surface area contributed by atoms with Crippen molar-refractivity contribution in [2.45, 2.75) is 36.4 Å². The third kappa shape index (κ3) is 2.67. The molecule has 2 heterocycles. The van der Waals surface area contributed by atoms with Gasteiger partial charge in [-0.2, -0.15) is 5.26 Å². The molecule has 2 aliphatic heterocycles. The van der Waals surface area contributed by atoms with E-state index in [-0.39, 0.29) is 12.6 Å². The molecule has 0 bridgehead atoms. The van der Waals surface area contributed by atoms with Crippen LogP contribution in [0.5, 0.6) is 0 Å². The maximum absolute atomic E-state index is 11.1. The van der Waals surface area contributed by atoms with Crippen LogP contribution in [0.1, 0.15) is 30.9 Å². The van der Waals surface area contributed by atoms with Crippen LogP contribution in [0.3, 0.4) is 0 Å². The van der Waals surface area contributed by atoms with Crippen LogP contribution in [-0.2, 0) is 0 Å². The van der Waals surface area contributed by atoms with Crippen molar-refractivity contribution in [2.75, 3.05) is 26.2 Å². The first-order valence-electron chi connectivity index (χ1n) is 8.06. The van der Waals surface area contributed by atoms with E-state index in [2.05, 4.69) is 18.9 Å². The SMILES string of the molecule is N#CC1(C2(O)CN(S)C2)CCCCN1[C@H](CO)c1ccccc1. The molecule has 3 rings (SSSR count). The number of aliphatic hydroxyl groups excluding tert-OH is 1. The number of aliphatic hydroxyl groups is 2. The van der Waals surface area contributed by atoms with Gasteiger partial charge in [-0.05, 0) is 24.8 Å². The summed E-state index contributed by atoms with van der Waals surface area (Å²) in [6.45, 7) is 1.36. The number of nitrogens with zero attached hydrogens (tertiary/aromatic N) is 3. The van der Waals surface area contributed by atoms with Gasteiger partial charge in [-0.3, -0.25) is 4.90 Å². The molecule has 2 aliphatic rings. The Morgan fingerprint density at radius 3 is 2.52 bits per heavy atom. The lowest BCUT2D eigenvalue weighted by molar-refractivity contribution is -0.169. The third-order valence-corrected chi connectivity index (χ3v) is 5.54. The predicted octanol–water partition coefficient (Wildman–Crippen LogP) is 1.36. The molecule has 0 aromatic heterocycles. The number of hydrogen-bond donors (Lipinski definition) is 3. The largest absolute Gasteiger partial charge is 0.394 e. The third-order valence-electron chi connectivity index (χ3n) is 5.25. The first kappa shape index (κ1) is 16.7. The molecule has 1 aromatic carbocycles. The molecule has 2 fully saturated rings. The molecule has 5 nitrogen and oxygen atoms in total. The molecular weight excluding hydrogens is 310 g/mol. The van der Waals surface area contributed by atoms with E-state index in [1.807, 2.05) is 35.2 Å². The Kier molecular flexibility index (Phi) is 4.68. The fourth-order valence-corrected chi connectivity index (χ4v) is 4.49. The molecule has 1 unspecified atom stereocenters. The molecule has 0 saturated carbocycles. The monoisotopic (exact) mass is 333 g/mol. The Hall–Kier alpha value is -1.10. The summed E-state index contributed by atoms with van der Waals surface area (Å²) < 4.78 is 1.72. The van der Waals surface area contributed by atoms with Crippen molar-refractivity contribution in [2.24, 2.45) is 0 Å². The van der Waals surface area contributed by atoms with E-state index in [1.165, 1.54) is 0 Å². The molecule has 0 radical (unpaired) electrons. The lowest BCUT2D eigenvalue weighted by Gasteiger charge is -2.59. The Labute approximate surface area is 142 Å². The lowest BCUT2D eigenvalue weighted by atomic mass is 9.69. The Morgan fingerprint density at radius 1 is 1.26 bits per heavy atom. The number of benzene rings is 1. The van der Waals surface area contributed by atoms with Gasteiger partial charge in [0.05, 0.1) is 18.7 Å². The maximum atomic E-state index is 11.1. The van der Waals surface area contributed by atoms with Crippen LogP contribution < -0.4 is 0 Å². The van der Waals surface area contributed by atoms with Crippen molar-refractivity contribution in [3.8, 4) is 6.07 Å². The van der Waals surface area contributed by atoms with Gasteiger partial charge in [0.1, 0.15) is 11.1 Å². The minimum atomic E-state index is -1.11. The molecule has 23 heavy (non-hydrogen) atoms. The van der Waals surface area contributed by atoms with E-state index in [0.717, 1.165) is 18.4 Å². The number of nitriles is 1. The molecule has 2 N–H and O–H groups in total. The van der Waals surface area contributed by atoms with Crippen LogP contribution in [0.15, 0.2) is 30.3 Å². The molecule has 0 amide bonds. The van der Waals surface area contributed by atoms with Crippen molar-refractivity contribution in [3.05, 3.63) is 35.9 Å². The van der Waals surface area contributed by atoms with Gasteiger partial charge in [0.2, 0.25) is 0 Å². The summed E-state index contributed by atoms with van der Waals surface area (Å²) in [5, 5.41) is 31.1. The average Bonchev–Trinajstić information content (AvgIpc) is 2.55. The van der Waals surface area contributed by atoms with Crippen LogP contribution in [0.2, 0.25) is 0 Å². The summed E-state index contributed by atoms with van der Waals surface area (Å²) in [7, 11) is 0. The van der Waals surface area contributed by atoms with Gasteiger partial charge >= 0.3 is 0 Å². The van der Waals surface area contributed by atoms with Gasteiger partial charge in [0.25, 0.3) is 0 Å². The molecule has 6 heteroatoms. The first-order valence-corrected chi connectivity index (χ1v) is 8.46. The van der Waals surface area contributed by atoms with Crippen LogP contribution >= 0.6 is 12.8 Å². The Morgan fingerprint density at radius 2 is 1.96 bits per heavy atom. The number of β-amino-alcohol motifs (C(OH)–C–C–N with tert-alkyl or cyclic N) is 1. The van der Waals surface area contributed by atoms with E-state index >= 15 is 0 Å². The van der Waals surface area contributed by atoms with E-state index < -0.39 is 11.1 Å². The first-order chi connectivity index (χ1) is 11.1. The Bertz CT molecular complexity index is 585. The van der Waals surface area contributed by atoms with Crippen LogP contribution in [-0.4, -0.2) is 56.8 Å². The van der Waals surface area contributed by atoms with Gasteiger partial charge in [0, 0.05) is 19.6 Å². The predicted molar refractivity (Wildman–Crippen MR) is 90.7 cm³/mol. The van der Waals surface area contributed by atoms with Gasteiger partial charge in [-0.15, -0.1) is 0 Å². The number of thiol groups is 1. The summed E-state index contributed by atoms with van der Waals surface area (Å²) in [5.74, 6) is 0. The molecule has 0 spiro atoms. The van der Waals surface area contributed by atoms with Crippen molar-refractivity contribution >= 4 is 12.8 Å². The minimum Gasteiger partial charge on any atom is -0.394 e. The minimum absolute atomic E-state index is 0.0753. The quantitative estimate of drug-likeness (QED) is 0.726. The topological polar surface area (TPSA) is 70.7 Å². The van der Waals surface area contributed by atoms with E-state index in [0.29, 0.717) is 26.1 Å². The molecule has 1 aromatic rings. The van der Waals surface area contributed by atoms with Crippen LogP contribution in [0.25, 0.3) is 0 Å². The average molecular weight is 333 g/mol. The summed E-state index contributed by atoms with van der Waals surface area (Å²) in [6.07, 6.45) is 2.49. The summed E-state index contributed by atoms with van der Waals surface area (Å²) >= 11 is 4.26. The number of likely N-dealkylation sites (tertiary alicyclic amines) is 1. The summed E-state index contributed by atoms with van der Waals surface area (Å²) in [5.41, 5.74) is -1.11. The number of hydrogen-bond acceptors (Lipinski definition) is 6. The highest BCUT2D eigenvalue weighted by atomic mass is 32.1. The molecule has 0 aliphatic carbocycles. The number of rotatable bonds is 4. The van der Waals surface area contributed by atoms with E-state index in [4.69, 9.17) is 0 Å². The fraction of sp³-hybridized carbons (Fsp3) is 0.588.